The van der Waals surface area contributed by atoms with Gasteiger partial charge in [-0.3, -0.25) is 4.79 Å². The average molecular weight is 470 g/mol. The molecule has 32 heavy (non-hydrogen) atoms. The lowest BCUT2D eigenvalue weighted by Crippen LogP contribution is -2.28. The van der Waals surface area contributed by atoms with Crippen molar-refractivity contribution in [3.8, 4) is 5.75 Å². The molecule has 4 aromatic rings. The largest absolute Gasteiger partial charge is 0.495 e. The number of hydrogen-bond donors (Lipinski definition) is 3. The predicted molar refractivity (Wildman–Crippen MR) is 127 cm³/mol. The molecule has 1 amide bonds. The van der Waals surface area contributed by atoms with E-state index < -0.39 is 10.0 Å². The molecule has 0 aliphatic carbocycles. The number of para-hydroxylation sites is 1. The molecule has 9 heteroatoms. The fraction of sp³-hybridized carbons (Fsp3) is 0.174. The highest BCUT2D eigenvalue weighted by Crippen LogP contribution is 2.33. The van der Waals surface area contributed by atoms with Crippen LogP contribution < -0.4 is 14.8 Å². The number of carbonyl (C=O) groups is 1. The van der Waals surface area contributed by atoms with Gasteiger partial charge in [0.2, 0.25) is 15.9 Å². The zero-order chi connectivity index (χ0) is 22.7. The second-order valence-corrected chi connectivity index (χ2v) is 10.00. The molecule has 1 atom stereocenters. The van der Waals surface area contributed by atoms with Crippen molar-refractivity contribution in [1.29, 1.82) is 0 Å². The molecule has 0 radical (unpaired) electrons. The number of carbonyl (C=O) groups excluding carboxylic acids is 1. The topological polar surface area (TPSA) is 100 Å². The van der Waals surface area contributed by atoms with Crippen LogP contribution in [0.1, 0.15) is 23.3 Å². The Labute approximate surface area is 190 Å². The van der Waals surface area contributed by atoms with Crippen LogP contribution in [0, 0.1) is 0 Å². The van der Waals surface area contributed by atoms with E-state index in [1.54, 1.807) is 11.3 Å². The number of benzene rings is 2. The normalized spacial score (nSPS) is 12.6. The SMILES string of the molecule is COc1cc(S(=O)(=O)NC[C@H](c2cccs2)c2c[nH]c3ccccc23)ccc1NC(C)=O. The van der Waals surface area contributed by atoms with Crippen molar-refractivity contribution in [1.82, 2.24) is 9.71 Å². The molecule has 4 rings (SSSR count). The summed E-state index contributed by atoms with van der Waals surface area (Å²) in [5, 5.41) is 5.67. The molecule has 0 saturated carbocycles. The van der Waals surface area contributed by atoms with Crippen molar-refractivity contribution in [3.05, 3.63) is 76.6 Å². The van der Waals surface area contributed by atoms with Gasteiger partial charge < -0.3 is 15.0 Å². The van der Waals surface area contributed by atoms with Crippen LogP contribution in [0.15, 0.2) is 71.1 Å². The zero-order valence-corrected chi connectivity index (χ0v) is 19.2. The number of hydrogen-bond acceptors (Lipinski definition) is 5. The zero-order valence-electron chi connectivity index (χ0n) is 17.6. The molecule has 0 unspecified atom stereocenters. The van der Waals surface area contributed by atoms with Gasteiger partial charge in [0.25, 0.3) is 0 Å². The van der Waals surface area contributed by atoms with Gasteiger partial charge in [-0.1, -0.05) is 24.3 Å². The van der Waals surface area contributed by atoms with Crippen LogP contribution in [-0.2, 0) is 14.8 Å². The number of methoxy groups -OCH3 is 1. The summed E-state index contributed by atoms with van der Waals surface area (Å²) in [5.41, 5.74) is 2.45. The summed E-state index contributed by atoms with van der Waals surface area (Å²) < 4.78 is 34.2. The lowest BCUT2D eigenvalue weighted by molar-refractivity contribution is -0.114. The number of H-pyrrole nitrogens is 1. The van der Waals surface area contributed by atoms with E-state index in [0.29, 0.717) is 5.69 Å². The van der Waals surface area contributed by atoms with Crippen molar-refractivity contribution in [2.24, 2.45) is 0 Å². The van der Waals surface area contributed by atoms with Gasteiger partial charge in [0.1, 0.15) is 5.75 Å². The first kappa shape index (κ1) is 22.1. The summed E-state index contributed by atoms with van der Waals surface area (Å²) in [7, 11) is -2.39. The van der Waals surface area contributed by atoms with E-state index in [1.807, 2.05) is 48.0 Å². The molecule has 2 aromatic heterocycles. The number of fused-ring (bicyclic) bond motifs is 1. The third kappa shape index (κ3) is 4.55. The molecule has 2 heterocycles. The van der Waals surface area contributed by atoms with E-state index in [1.165, 1.54) is 32.2 Å². The minimum Gasteiger partial charge on any atom is -0.495 e. The number of amides is 1. The molecule has 2 aromatic carbocycles. The van der Waals surface area contributed by atoms with Gasteiger partial charge in [-0.2, -0.15) is 0 Å². The van der Waals surface area contributed by atoms with Gasteiger partial charge >= 0.3 is 0 Å². The summed E-state index contributed by atoms with van der Waals surface area (Å²) in [6.07, 6.45) is 1.94. The van der Waals surface area contributed by atoms with Gasteiger partial charge in [-0.25, -0.2) is 13.1 Å². The Morgan fingerprint density at radius 1 is 1.16 bits per heavy atom. The van der Waals surface area contributed by atoms with Crippen LogP contribution in [0.25, 0.3) is 10.9 Å². The Hall–Kier alpha value is -3.14. The van der Waals surface area contributed by atoms with Crippen LogP contribution in [0.2, 0.25) is 0 Å². The standard InChI is InChI=1S/C23H23N3O4S2/c1-15(27)26-21-10-9-16(12-22(21)30-2)32(28,29)25-14-19(23-8-5-11-31-23)18-13-24-20-7-4-3-6-17(18)20/h3-13,19,24-25H,14H2,1-2H3,(H,26,27)/t19-/m0/s1. The Morgan fingerprint density at radius 3 is 2.69 bits per heavy atom. The molecule has 0 fully saturated rings. The number of thiophene rings is 1. The quantitative estimate of drug-likeness (QED) is 0.358. The Morgan fingerprint density at radius 2 is 1.97 bits per heavy atom. The number of sulfonamides is 1. The maximum absolute atomic E-state index is 13.1. The van der Waals surface area contributed by atoms with Gasteiger partial charge in [0, 0.05) is 47.4 Å². The van der Waals surface area contributed by atoms with E-state index in [-0.39, 0.29) is 29.0 Å². The van der Waals surface area contributed by atoms with E-state index in [9.17, 15) is 13.2 Å². The lowest BCUT2D eigenvalue weighted by atomic mass is 9.97. The molecular weight excluding hydrogens is 446 g/mol. The van der Waals surface area contributed by atoms with E-state index >= 15 is 0 Å². The first-order valence-electron chi connectivity index (χ1n) is 9.94. The van der Waals surface area contributed by atoms with Gasteiger partial charge in [-0.15, -0.1) is 11.3 Å². The molecule has 3 N–H and O–H groups in total. The summed E-state index contributed by atoms with van der Waals surface area (Å²) >= 11 is 1.59. The van der Waals surface area contributed by atoms with Gasteiger partial charge in [0.15, 0.2) is 0 Å². The Kier molecular flexibility index (Phi) is 6.31. The van der Waals surface area contributed by atoms with Gasteiger partial charge in [0.05, 0.1) is 17.7 Å². The second kappa shape index (κ2) is 9.15. The second-order valence-electron chi connectivity index (χ2n) is 7.25. The summed E-state index contributed by atoms with van der Waals surface area (Å²) in [4.78, 5) is 15.8. The number of rotatable bonds is 8. The van der Waals surface area contributed by atoms with Crippen molar-refractivity contribution in [3.63, 3.8) is 0 Å². The average Bonchev–Trinajstić information content (AvgIpc) is 3.45. The Balaban J connectivity index is 1.63. The fourth-order valence-corrected chi connectivity index (χ4v) is 5.55. The number of nitrogens with one attached hydrogen (secondary N) is 3. The predicted octanol–water partition coefficient (Wildman–Crippen LogP) is 4.31. The highest BCUT2D eigenvalue weighted by Gasteiger charge is 2.23. The van der Waals surface area contributed by atoms with Crippen molar-refractivity contribution in [2.75, 3.05) is 19.0 Å². The van der Waals surface area contributed by atoms with E-state index in [2.05, 4.69) is 15.0 Å². The minimum absolute atomic E-state index is 0.0623. The first-order chi connectivity index (χ1) is 15.4. The highest BCUT2D eigenvalue weighted by molar-refractivity contribution is 7.89. The maximum Gasteiger partial charge on any atom is 0.240 e. The summed E-state index contributed by atoms with van der Waals surface area (Å²) in [6, 6.07) is 16.3. The third-order valence-electron chi connectivity index (χ3n) is 5.15. The number of aromatic nitrogens is 1. The molecule has 7 nitrogen and oxygen atoms in total. The molecule has 0 aliphatic heterocycles. The first-order valence-corrected chi connectivity index (χ1v) is 12.3. The lowest BCUT2D eigenvalue weighted by Gasteiger charge is -2.17. The molecule has 0 bridgehead atoms. The third-order valence-corrected chi connectivity index (χ3v) is 7.56. The molecule has 166 valence electrons. The minimum atomic E-state index is -3.82. The molecular formula is C23H23N3O4S2. The number of aromatic amines is 1. The number of anilines is 1. The van der Waals surface area contributed by atoms with Crippen molar-refractivity contribution < 1.29 is 17.9 Å². The summed E-state index contributed by atoms with van der Waals surface area (Å²) in [5.74, 6) is -0.148. The number of ether oxygens (including phenoxy) is 1. The van der Waals surface area contributed by atoms with Crippen LogP contribution in [-0.4, -0.2) is 33.0 Å². The van der Waals surface area contributed by atoms with Crippen molar-refractivity contribution in [2.45, 2.75) is 17.7 Å². The fourth-order valence-electron chi connectivity index (χ4n) is 3.64. The molecule has 0 saturated heterocycles. The van der Waals surface area contributed by atoms with Crippen LogP contribution in [0.5, 0.6) is 5.75 Å². The highest BCUT2D eigenvalue weighted by atomic mass is 32.2. The van der Waals surface area contributed by atoms with Crippen LogP contribution >= 0.6 is 11.3 Å². The smallest absolute Gasteiger partial charge is 0.240 e. The van der Waals surface area contributed by atoms with Gasteiger partial charge in [-0.05, 0) is 35.2 Å². The van der Waals surface area contributed by atoms with E-state index in [4.69, 9.17) is 4.74 Å². The maximum atomic E-state index is 13.1. The van der Waals surface area contributed by atoms with Crippen molar-refractivity contribution >= 4 is 43.9 Å². The molecule has 0 spiro atoms. The monoisotopic (exact) mass is 469 g/mol. The van der Waals surface area contributed by atoms with E-state index in [0.717, 1.165) is 21.3 Å². The summed E-state index contributed by atoms with van der Waals surface area (Å²) in [6.45, 7) is 1.57. The Bertz CT molecular complexity index is 1340. The van der Waals surface area contributed by atoms with Crippen LogP contribution in [0.4, 0.5) is 5.69 Å². The molecule has 0 aliphatic rings. The van der Waals surface area contributed by atoms with Crippen LogP contribution in [0.3, 0.4) is 0 Å².